The van der Waals surface area contributed by atoms with E-state index in [0.29, 0.717) is 0 Å². The van der Waals surface area contributed by atoms with Crippen molar-refractivity contribution in [2.24, 2.45) is 0 Å². The predicted molar refractivity (Wildman–Crippen MR) is 270 cm³/mol. The molecule has 0 fully saturated rings. The van der Waals surface area contributed by atoms with Crippen LogP contribution in [-0.2, 0) is 0 Å². The number of para-hydroxylation sites is 6. The SMILES string of the molecule is C1=CC2=C(CC1)N(c1ccc3c(-c4ccc5ccccc5c4)c4cc(N5c6ccccc6Oc6ccccc65)ccc4c(-c4ccc5ccc6cccnc6c5n4)c3c1)c1ccccc1O2. The van der Waals surface area contributed by atoms with Gasteiger partial charge in [-0.05, 0) is 141 Å². The molecule has 0 bridgehead atoms. The van der Waals surface area contributed by atoms with Crippen LogP contribution in [0.1, 0.15) is 12.8 Å². The lowest BCUT2D eigenvalue weighted by molar-refractivity contribution is 0.421. The molecule has 0 saturated heterocycles. The number of anilines is 5. The largest absolute Gasteiger partial charge is 0.453 e. The Labute approximate surface area is 380 Å². The van der Waals surface area contributed by atoms with E-state index < -0.39 is 0 Å². The van der Waals surface area contributed by atoms with E-state index in [1.807, 2.05) is 42.6 Å². The maximum absolute atomic E-state index is 6.54. The van der Waals surface area contributed by atoms with Crippen molar-refractivity contribution < 1.29 is 9.47 Å². The summed E-state index contributed by atoms with van der Waals surface area (Å²) in [7, 11) is 0. The number of fused-ring (bicyclic) bond motifs is 9. The van der Waals surface area contributed by atoms with Crippen LogP contribution in [0.15, 0.2) is 218 Å². The second kappa shape index (κ2) is 14.4. The standard InChI is InChI=1S/C60H38N4O2/c1-2-13-40-34-41(26-23-37(40)12-1)57-44-30-28-43(64-51-17-5-9-21-55(51)66-56-22-10-6-18-52(56)64)36-47(44)58(48-32-27-39-25-24-38-14-11-33-61-59(38)60(39)62-48)45-31-29-42(35-46(45)57)63-49-15-3-7-19-53(49)65-54-20-8-4-16-50(54)63/h1-5,7-17,19-36H,6,18H2. The highest BCUT2D eigenvalue weighted by Crippen LogP contribution is 2.53. The molecule has 11 aromatic rings. The van der Waals surface area contributed by atoms with Crippen molar-refractivity contribution in [1.29, 1.82) is 0 Å². The third kappa shape index (κ3) is 5.61. The van der Waals surface area contributed by atoms with Crippen molar-refractivity contribution in [2.75, 3.05) is 9.80 Å². The Morgan fingerprint density at radius 2 is 1.03 bits per heavy atom. The molecule has 0 spiro atoms. The molecule has 9 aromatic carbocycles. The number of benzene rings is 9. The first-order chi connectivity index (χ1) is 32.7. The quantitative estimate of drug-likeness (QED) is 0.130. The number of pyridine rings is 2. The molecule has 0 atom stereocenters. The van der Waals surface area contributed by atoms with Crippen LogP contribution in [0, 0.1) is 0 Å². The zero-order valence-corrected chi connectivity index (χ0v) is 35.6. The van der Waals surface area contributed by atoms with Crippen molar-refractivity contribution in [3.8, 4) is 39.6 Å². The summed E-state index contributed by atoms with van der Waals surface area (Å²) in [5.74, 6) is 3.36. The second-order valence-electron chi connectivity index (χ2n) is 17.2. The molecule has 3 aliphatic rings. The van der Waals surface area contributed by atoms with Crippen molar-refractivity contribution in [1.82, 2.24) is 9.97 Å². The lowest BCUT2D eigenvalue weighted by Gasteiger charge is -2.36. The summed E-state index contributed by atoms with van der Waals surface area (Å²) < 4.78 is 13.0. The van der Waals surface area contributed by atoms with E-state index >= 15 is 0 Å². The van der Waals surface area contributed by atoms with Crippen LogP contribution in [0.5, 0.6) is 17.2 Å². The van der Waals surface area contributed by atoms with Crippen LogP contribution in [0.4, 0.5) is 28.4 Å². The maximum Gasteiger partial charge on any atom is 0.151 e. The molecular weight excluding hydrogens is 809 g/mol. The average Bonchev–Trinajstić information content (AvgIpc) is 3.38. The van der Waals surface area contributed by atoms with Crippen molar-refractivity contribution in [3.63, 3.8) is 0 Å². The summed E-state index contributed by atoms with van der Waals surface area (Å²) in [5, 5.41) is 8.97. The zero-order valence-electron chi connectivity index (χ0n) is 35.6. The van der Waals surface area contributed by atoms with Gasteiger partial charge in [0.2, 0.25) is 0 Å². The van der Waals surface area contributed by atoms with Gasteiger partial charge in [0.15, 0.2) is 17.2 Å². The first kappa shape index (κ1) is 36.7. The Bertz CT molecular complexity index is 3880. The summed E-state index contributed by atoms with van der Waals surface area (Å²) in [6.45, 7) is 0. The monoisotopic (exact) mass is 846 g/mol. The number of rotatable bonds is 4. The van der Waals surface area contributed by atoms with Crippen LogP contribution in [0.25, 0.3) is 76.5 Å². The smallest absolute Gasteiger partial charge is 0.151 e. The average molecular weight is 847 g/mol. The van der Waals surface area contributed by atoms with E-state index in [1.54, 1.807) is 0 Å². The minimum atomic E-state index is 0.815. The van der Waals surface area contributed by atoms with Gasteiger partial charge in [-0.2, -0.15) is 0 Å². The minimum Gasteiger partial charge on any atom is -0.453 e. The third-order valence-electron chi connectivity index (χ3n) is 13.5. The van der Waals surface area contributed by atoms with Crippen molar-refractivity contribution in [2.45, 2.75) is 12.8 Å². The Morgan fingerprint density at radius 1 is 0.439 bits per heavy atom. The van der Waals surface area contributed by atoms with Gasteiger partial charge >= 0.3 is 0 Å². The Morgan fingerprint density at radius 3 is 1.80 bits per heavy atom. The Hall–Kier alpha value is -8.74. The fraction of sp³-hybridized carbons (Fsp3) is 0.0333. The van der Waals surface area contributed by atoms with E-state index in [-0.39, 0.29) is 0 Å². The zero-order chi connectivity index (χ0) is 43.3. The highest BCUT2D eigenvalue weighted by Gasteiger charge is 2.30. The van der Waals surface area contributed by atoms with Gasteiger partial charge in [0.25, 0.3) is 0 Å². The van der Waals surface area contributed by atoms with Crippen molar-refractivity contribution in [3.05, 3.63) is 218 Å². The predicted octanol–water partition coefficient (Wildman–Crippen LogP) is 16.2. The molecule has 0 saturated carbocycles. The molecule has 14 rings (SSSR count). The third-order valence-corrected chi connectivity index (χ3v) is 13.5. The highest BCUT2D eigenvalue weighted by molar-refractivity contribution is 6.23. The summed E-state index contributed by atoms with van der Waals surface area (Å²) in [5.41, 5.74) is 12.3. The molecule has 310 valence electrons. The van der Waals surface area contributed by atoms with Crippen LogP contribution < -0.4 is 19.3 Å². The van der Waals surface area contributed by atoms with Gasteiger partial charge in [-0.1, -0.05) is 115 Å². The molecule has 0 amide bonds. The summed E-state index contributed by atoms with van der Waals surface area (Å²) in [6.07, 6.45) is 8.00. The summed E-state index contributed by atoms with van der Waals surface area (Å²) >= 11 is 0. The summed E-state index contributed by atoms with van der Waals surface area (Å²) in [6, 6.07) is 67.1. The number of hydrogen-bond acceptors (Lipinski definition) is 6. The molecule has 6 heteroatoms. The Kier molecular flexibility index (Phi) is 8.01. The normalized spacial score (nSPS) is 14.0. The van der Waals surface area contributed by atoms with E-state index in [0.717, 1.165) is 136 Å². The van der Waals surface area contributed by atoms with E-state index in [9.17, 15) is 0 Å². The minimum absolute atomic E-state index is 0.815. The second-order valence-corrected chi connectivity index (χ2v) is 17.2. The molecule has 4 heterocycles. The molecular formula is C60H38N4O2. The van der Waals surface area contributed by atoms with Gasteiger partial charge in [0, 0.05) is 33.9 Å². The van der Waals surface area contributed by atoms with Crippen LogP contribution >= 0.6 is 0 Å². The molecule has 6 nitrogen and oxygen atoms in total. The number of nitrogens with zero attached hydrogens (tertiary/aromatic N) is 4. The molecule has 0 unspecified atom stereocenters. The van der Waals surface area contributed by atoms with E-state index in [2.05, 4.69) is 174 Å². The van der Waals surface area contributed by atoms with Gasteiger partial charge in [-0.15, -0.1) is 0 Å². The fourth-order valence-electron chi connectivity index (χ4n) is 10.5. The number of allylic oxidation sites excluding steroid dienone is 3. The van der Waals surface area contributed by atoms with Gasteiger partial charge in [-0.3, -0.25) is 4.98 Å². The van der Waals surface area contributed by atoms with Gasteiger partial charge in [0.05, 0.1) is 39.5 Å². The lowest BCUT2D eigenvalue weighted by atomic mass is 9.85. The first-order valence-corrected chi connectivity index (χ1v) is 22.5. The first-order valence-electron chi connectivity index (χ1n) is 22.5. The van der Waals surface area contributed by atoms with Crippen LogP contribution in [0.2, 0.25) is 0 Å². The fourth-order valence-corrected chi connectivity index (χ4v) is 10.5. The highest BCUT2D eigenvalue weighted by atomic mass is 16.5. The van der Waals surface area contributed by atoms with Gasteiger partial charge < -0.3 is 19.3 Å². The number of aromatic nitrogens is 2. The number of hydrogen-bond donors (Lipinski definition) is 0. The molecule has 0 radical (unpaired) electrons. The van der Waals surface area contributed by atoms with Crippen molar-refractivity contribution >= 4 is 82.6 Å². The summed E-state index contributed by atoms with van der Waals surface area (Å²) in [4.78, 5) is 15.2. The van der Waals surface area contributed by atoms with E-state index in [4.69, 9.17) is 19.4 Å². The molecule has 0 N–H and O–H groups in total. The van der Waals surface area contributed by atoms with Crippen LogP contribution in [-0.4, -0.2) is 9.97 Å². The van der Waals surface area contributed by atoms with Gasteiger partial charge in [-0.25, -0.2) is 4.98 Å². The molecule has 1 aliphatic carbocycles. The number of ether oxygens (including phenoxy) is 2. The Balaban J connectivity index is 1.11. The van der Waals surface area contributed by atoms with Crippen LogP contribution in [0.3, 0.4) is 0 Å². The topological polar surface area (TPSA) is 50.7 Å². The van der Waals surface area contributed by atoms with Gasteiger partial charge in [0.1, 0.15) is 5.76 Å². The van der Waals surface area contributed by atoms with E-state index in [1.165, 1.54) is 10.8 Å². The maximum atomic E-state index is 6.54. The molecule has 2 aromatic heterocycles. The molecule has 2 aliphatic heterocycles. The molecule has 66 heavy (non-hydrogen) atoms. The lowest BCUT2D eigenvalue weighted by Crippen LogP contribution is -2.25.